The summed E-state index contributed by atoms with van der Waals surface area (Å²) < 4.78 is 20.5. The van der Waals surface area contributed by atoms with Crippen LogP contribution in [0.25, 0.3) is 0 Å². The highest BCUT2D eigenvalue weighted by Crippen LogP contribution is 2.46. The summed E-state index contributed by atoms with van der Waals surface area (Å²) in [6, 6.07) is 1.23. The van der Waals surface area contributed by atoms with E-state index in [1.807, 2.05) is 0 Å². The first-order valence-electron chi connectivity index (χ1n) is 7.09. The molecule has 23 heavy (non-hydrogen) atoms. The molecule has 0 N–H and O–H groups in total. The summed E-state index contributed by atoms with van der Waals surface area (Å²) in [4.78, 5) is 23.0. The Balaban J connectivity index is 2.43. The molecule has 8 nitrogen and oxygen atoms in total. The molecule has 1 aromatic rings. The molecule has 0 unspecified atom stereocenters. The molecule has 0 aliphatic heterocycles. The van der Waals surface area contributed by atoms with Crippen molar-refractivity contribution >= 4 is 11.7 Å². The van der Waals surface area contributed by atoms with Crippen molar-refractivity contribution in [3.8, 4) is 17.2 Å². The van der Waals surface area contributed by atoms with Crippen molar-refractivity contribution in [2.24, 2.45) is 11.8 Å². The molecule has 2 rings (SSSR count). The second kappa shape index (κ2) is 6.72. The molecule has 1 saturated carbocycles. The molecule has 1 fully saturated rings. The first-order chi connectivity index (χ1) is 10.9. The quantitative estimate of drug-likeness (QED) is 0.431. The summed E-state index contributed by atoms with van der Waals surface area (Å²) in [6.07, 6.45) is 0.991. The first-order valence-corrected chi connectivity index (χ1v) is 7.09. The molecule has 1 aromatic carbocycles. The summed E-state index contributed by atoms with van der Waals surface area (Å²) in [5, 5.41) is 11.4. The van der Waals surface area contributed by atoms with Crippen LogP contribution in [0, 0.1) is 22.0 Å². The number of ether oxygens (including phenoxy) is 4. The lowest BCUT2D eigenvalue weighted by Crippen LogP contribution is -2.12. The maximum Gasteiger partial charge on any atom is 0.345 e. The van der Waals surface area contributed by atoms with Gasteiger partial charge in [0.05, 0.1) is 32.9 Å². The zero-order chi connectivity index (χ0) is 17.1. The van der Waals surface area contributed by atoms with E-state index in [0.717, 1.165) is 6.42 Å². The van der Waals surface area contributed by atoms with Crippen LogP contribution >= 0.6 is 0 Å². The van der Waals surface area contributed by atoms with Crippen LogP contribution in [0.5, 0.6) is 17.2 Å². The number of esters is 1. The molecule has 2 atom stereocenters. The monoisotopic (exact) mass is 325 g/mol. The van der Waals surface area contributed by atoms with Gasteiger partial charge in [-0.1, -0.05) is 6.92 Å². The summed E-state index contributed by atoms with van der Waals surface area (Å²) in [5.41, 5.74) is -0.725. The third kappa shape index (κ3) is 3.30. The molecule has 0 spiro atoms. The number of nitro groups is 1. The van der Waals surface area contributed by atoms with Gasteiger partial charge in [0.1, 0.15) is 5.56 Å². The third-order valence-electron chi connectivity index (χ3n) is 3.91. The van der Waals surface area contributed by atoms with Crippen LogP contribution in [-0.4, -0.2) is 38.8 Å². The van der Waals surface area contributed by atoms with Crippen molar-refractivity contribution in [3.63, 3.8) is 0 Å². The van der Waals surface area contributed by atoms with Gasteiger partial charge in [0, 0.05) is 6.07 Å². The van der Waals surface area contributed by atoms with E-state index in [1.54, 1.807) is 0 Å². The van der Waals surface area contributed by atoms with Gasteiger partial charge in [-0.3, -0.25) is 10.1 Å². The number of hydrogen-bond donors (Lipinski definition) is 0. The highest BCUT2D eigenvalue weighted by Gasteiger charge is 2.36. The predicted molar refractivity (Wildman–Crippen MR) is 80.3 cm³/mol. The molecule has 0 heterocycles. The fraction of sp³-hybridized carbons (Fsp3) is 0.533. The molecule has 8 heteroatoms. The Morgan fingerprint density at radius 1 is 1.26 bits per heavy atom. The largest absolute Gasteiger partial charge is 0.493 e. The molecule has 0 saturated heterocycles. The highest BCUT2D eigenvalue weighted by molar-refractivity contribution is 5.97. The number of rotatable bonds is 7. The molecular weight excluding hydrogens is 306 g/mol. The lowest BCUT2D eigenvalue weighted by atomic mass is 10.1. The van der Waals surface area contributed by atoms with Crippen molar-refractivity contribution in [3.05, 3.63) is 21.7 Å². The maximum absolute atomic E-state index is 12.3. The Kier molecular flexibility index (Phi) is 4.92. The molecule has 1 aliphatic rings. The SMILES string of the molecule is COc1cc(C(=O)OC[C@@H]2C[C@H]2C)c([N+](=O)[O-])c(OC)c1OC. The average molecular weight is 325 g/mol. The fourth-order valence-corrected chi connectivity index (χ4v) is 2.37. The van der Waals surface area contributed by atoms with Crippen molar-refractivity contribution in [1.82, 2.24) is 0 Å². The number of carbonyl (C=O) groups is 1. The Hall–Kier alpha value is -2.51. The summed E-state index contributed by atoms with van der Waals surface area (Å²) in [6.45, 7) is 2.30. The topological polar surface area (TPSA) is 97.1 Å². The van der Waals surface area contributed by atoms with Gasteiger partial charge < -0.3 is 18.9 Å². The minimum atomic E-state index is -0.782. The van der Waals surface area contributed by atoms with E-state index in [4.69, 9.17) is 18.9 Å². The minimum Gasteiger partial charge on any atom is -0.493 e. The first kappa shape index (κ1) is 16.9. The molecule has 126 valence electrons. The second-order valence-electron chi connectivity index (χ2n) is 5.37. The number of hydrogen-bond acceptors (Lipinski definition) is 7. The summed E-state index contributed by atoms with van der Waals surface area (Å²) >= 11 is 0. The second-order valence-corrected chi connectivity index (χ2v) is 5.37. The van der Waals surface area contributed by atoms with Gasteiger partial charge in [0.15, 0.2) is 5.75 Å². The van der Waals surface area contributed by atoms with Crippen molar-refractivity contribution in [1.29, 1.82) is 0 Å². The van der Waals surface area contributed by atoms with Crippen LogP contribution in [0.4, 0.5) is 5.69 Å². The van der Waals surface area contributed by atoms with Gasteiger partial charge in [-0.2, -0.15) is 0 Å². The number of nitro benzene ring substituents is 1. The Labute approximate surface area is 133 Å². The third-order valence-corrected chi connectivity index (χ3v) is 3.91. The number of carbonyl (C=O) groups excluding carboxylic acids is 1. The average Bonchev–Trinajstić information content (AvgIpc) is 3.25. The lowest BCUT2D eigenvalue weighted by Gasteiger charge is -2.14. The fourth-order valence-electron chi connectivity index (χ4n) is 2.37. The van der Waals surface area contributed by atoms with Crippen LogP contribution < -0.4 is 14.2 Å². The van der Waals surface area contributed by atoms with Crippen LogP contribution in [0.1, 0.15) is 23.7 Å². The zero-order valence-corrected chi connectivity index (χ0v) is 13.5. The van der Waals surface area contributed by atoms with Crippen molar-refractivity contribution in [2.45, 2.75) is 13.3 Å². The Morgan fingerprint density at radius 2 is 1.87 bits per heavy atom. The highest BCUT2D eigenvalue weighted by atomic mass is 16.6. The molecular formula is C15H19NO7. The molecule has 0 radical (unpaired) electrons. The van der Waals surface area contributed by atoms with Crippen LogP contribution in [-0.2, 0) is 4.74 Å². The van der Waals surface area contributed by atoms with E-state index >= 15 is 0 Å². The van der Waals surface area contributed by atoms with Gasteiger partial charge in [-0.25, -0.2) is 4.79 Å². The van der Waals surface area contributed by atoms with Gasteiger partial charge in [0.2, 0.25) is 11.5 Å². The van der Waals surface area contributed by atoms with Crippen LogP contribution in [0.15, 0.2) is 6.07 Å². The van der Waals surface area contributed by atoms with E-state index in [-0.39, 0.29) is 29.4 Å². The Morgan fingerprint density at radius 3 is 2.30 bits per heavy atom. The molecule has 0 aromatic heterocycles. The normalized spacial score (nSPS) is 19.0. The maximum atomic E-state index is 12.3. The van der Waals surface area contributed by atoms with Gasteiger partial charge in [0.25, 0.3) is 0 Å². The van der Waals surface area contributed by atoms with Gasteiger partial charge in [-0.15, -0.1) is 0 Å². The van der Waals surface area contributed by atoms with Crippen molar-refractivity contribution in [2.75, 3.05) is 27.9 Å². The number of benzene rings is 1. The zero-order valence-electron chi connectivity index (χ0n) is 13.5. The van der Waals surface area contributed by atoms with Crippen LogP contribution in [0.2, 0.25) is 0 Å². The molecule has 0 bridgehead atoms. The predicted octanol–water partition coefficient (Wildman–Crippen LogP) is 2.43. The van der Waals surface area contributed by atoms with E-state index in [9.17, 15) is 14.9 Å². The van der Waals surface area contributed by atoms with E-state index in [0.29, 0.717) is 11.8 Å². The van der Waals surface area contributed by atoms with Gasteiger partial charge in [-0.05, 0) is 18.3 Å². The van der Waals surface area contributed by atoms with E-state index < -0.39 is 16.6 Å². The van der Waals surface area contributed by atoms with E-state index in [1.165, 1.54) is 27.4 Å². The number of nitrogens with zero attached hydrogens (tertiary/aromatic N) is 1. The smallest absolute Gasteiger partial charge is 0.345 e. The van der Waals surface area contributed by atoms with Crippen LogP contribution in [0.3, 0.4) is 0 Å². The van der Waals surface area contributed by atoms with Crippen molar-refractivity contribution < 1.29 is 28.7 Å². The van der Waals surface area contributed by atoms with E-state index in [2.05, 4.69) is 6.92 Å². The molecule has 1 aliphatic carbocycles. The Bertz CT molecular complexity index is 629. The van der Waals surface area contributed by atoms with Gasteiger partial charge >= 0.3 is 11.7 Å². The summed E-state index contributed by atoms with van der Waals surface area (Å²) in [5.74, 6) is 0.0761. The standard InChI is InChI=1S/C15H19NO7/c1-8-5-9(8)7-23-15(17)10-6-11(20-2)13(21-3)14(22-4)12(10)16(18)19/h6,8-9H,5,7H2,1-4H3/t8-,9+/m1/s1. The lowest BCUT2D eigenvalue weighted by molar-refractivity contribution is -0.386. The number of methoxy groups -OCH3 is 3. The minimum absolute atomic E-state index is 0.0501. The molecule has 0 amide bonds. The summed E-state index contributed by atoms with van der Waals surface area (Å²) in [7, 11) is 3.95.